The predicted molar refractivity (Wildman–Crippen MR) is 296 cm³/mol. The summed E-state index contributed by atoms with van der Waals surface area (Å²) >= 11 is 0. The number of nitrogens with one attached hydrogen (secondary N) is 1. The molecule has 2 saturated heterocycles. The van der Waals surface area contributed by atoms with Crippen LogP contribution in [0, 0.1) is 44.4 Å². The Hall–Kier alpha value is -7.15. The average molecular weight is 1140 g/mol. The van der Waals surface area contributed by atoms with Gasteiger partial charge in [0.15, 0.2) is 22.7 Å². The first-order chi connectivity index (χ1) is 37.5. The second kappa shape index (κ2) is 19.0. The van der Waals surface area contributed by atoms with E-state index < -0.39 is 40.1 Å². The van der Waals surface area contributed by atoms with Gasteiger partial charge in [0.1, 0.15) is 11.3 Å². The van der Waals surface area contributed by atoms with E-state index in [9.17, 15) is 38.5 Å². The Morgan fingerprint density at radius 1 is 0.519 bits per heavy atom. The third-order valence-corrected chi connectivity index (χ3v) is 23.0. The molecule has 4 aliphatic rings. The fraction of sp³-hybridized carbons (Fsp3) is 0.304. The van der Waals surface area contributed by atoms with Crippen LogP contribution in [0.25, 0.3) is 28.0 Å². The van der Waals surface area contributed by atoms with Gasteiger partial charge in [0.2, 0.25) is 20.0 Å². The highest BCUT2D eigenvalue weighted by Gasteiger charge is 2.58. The average Bonchev–Trinajstić information content (AvgIpc) is 4.14. The number of carbonyl (C=O) groups is 1. The van der Waals surface area contributed by atoms with E-state index in [4.69, 9.17) is 0 Å². The fourth-order valence-corrected chi connectivity index (χ4v) is 17.5. The van der Waals surface area contributed by atoms with Crippen molar-refractivity contribution in [1.29, 1.82) is 0 Å². The van der Waals surface area contributed by atoms with Crippen molar-refractivity contribution in [3.05, 3.63) is 168 Å². The van der Waals surface area contributed by atoms with Gasteiger partial charge in [0.05, 0.1) is 44.0 Å². The SMILES string of the molecule is Cc1ccc(S(=O)(=O)N2CC3(CC(C(=O)CNc4cnc5c(ccn5S(=O)(=O)c5ccc(C)cc5)n4)C3)C2)cc1.Cc1ccc(S(=O)(=O)N2CC3(CC(c4cnc5cnc6c(ccn6S(=O)(=O)c6ccc(C)cc6)n45)C3)C2)cc1. The number of carbonyl (C=O) groups excluding carboxylic acids is 1. The number of aromatic nitrogens is 7. The molecule has 19 nitrogen and oxygen atoms in total. The van der Waals surface area contributed by atoms with Crippen LogP contribution < -0.4 is 5.32 Å². The molecule has 1 N–H and O–H groups in total. The number of nitrogens with zero attached hydrogens (tertiary/aromatic N) is 9. The second-order valence-electron chi connectivity index (χ2n) is 21.9. The number of benzene rings is 4. The Morgan fingerprint density at radius 3 is 1.44 bits per heavy atom. The van der Waals surface area contributed by atoms with Crippen molar-refractivity contribution in [2.24, 2.45) is 16.7 Å². The Kier molecular flexibility index (Phi) is 12.6. The molecule has 0 radical (unpaired) electrons. The van der Waals surface area contributed by atoms with Crippen molar-refractivity contribution in [3.8, 4) is 0 Å². The number of sulfonamides is 2. The maximum absolute atomic E-state index is 13.4. The molecule has 408 valence electrons. The molecule has 9 aromatic rings. The van der Waals surface area contributed by atoms with Gasteiger partial charge in [-0.2, -0.15) is 8.61 Å². The molecule has 0 bridgehead atoms. The highest BCUT2D eigenvalue weighted by Crippen LogP contribution is 2.57. The zero-order valence-corrected chi connectivity index (χ0v) is 46.9. The maximum atomic E-state index is 13.4. The Bertz CT molecular complexity index is 4340. The second-order valence-corrected chi connectivity index (χ2v) is 29.4. The lowest BCUT2D eigenvalue weighted by Gasteiger charge is -2.58. The van der Waals surface area contributed by atoms with Crippen molar-refractivity contribution in [3.63, 3.8) is 0 Å². The Balaban J connectivity index is 0.000000158. The molecule has 4 aromatic carbocycles. The van der Waals surface area contributed by atoms with Crippen molar-refractivity contribution in [2.45, 2.75) is 78.9 Å². The molecule has 2 spiro atoms. The molecule has 23 heteroatoms. The molecule has 13 rings (SSSR count). The van der Waals surface area contributed by atoms with E-state index in [1.807, 2.05) is 50.4 Å². The number of hydrogen-bond acceptors (Lipinski definition) is 14. The van der Waals surface area contributed by atoms with Crippen LogP contribution in [0.15, 0.2) is 160 Å². The minimum atomic E-state index is -3.83. The first kappa shape index (κ1) is 52.5. The number of imidazole rings is 1. The number of Topliss-reactive ketones (excluding diaryl/α,β-unsaturated/α-hetero) is 1. The van der Waals surface area contributed by atoms with Crippen LogP contribution in [0.2, 0.25) is 0 Å². The predicted octanol–water partition coefficient (Wildman–Crippen LogP) is 7.47. The van der Waals surface area contributed by atoms with E-state index in [1.54, 1.807) is 108 Å². The molecule has 4 fully saturated rings. The molecule has 5 aromatic heterocycles. The Labute approximate surface area is 458 Å². The van der Waals surface area contributed by atoms with Crippen LogP contribution in [-0.2, 0) is 44.9 Å². The number of fused-ring (bicyclic) bond motifs is 4. The molecular formula is C56H56N10O9S4. The number of hydrogen-bond donors (Lipinski definition) is 1. The molecule has 2 saturated carbocycles. The van der Waals surface area contributed by atoms with E-state index in [2.05, 4.69) is 25.3 Å². The van der Waals surface area contributed by atoms with Gasteiger partial charge in [-0.1, -0.05) is 70.8 Å². The lowest BCUT2D eigenvalue weighted by molar-refractivity contribution is -0.134. The summed E-state index contributed by atoms with van der Waals surface area (Å²) in [5.74, 6) is 0.479. The third kappa shape index (κ3) is 9.22. The van der Waals surface area contributed by atoms with E-state index in [0.717, 1.165) is 44.8 Å². The van der Waals surface area contributed by atoms with Crippen LogP contribution in [0.5, 0.6) is 0 Å². The van der Waals surface area contributed by atoms with Crippen LogP contribution in [0.3, 0.4) is 0 Å². The standard InChI is InChI=1S/C28H29N5O5S2.C28H27N5O4S2/c1-19-3-7-22(8-4-19)39(35,36)32-17-28(18-32)13-21(14-28)25(34)15-29-26-16-30-27-24(31-26)11-12-33(27)40(37,38)23-9-5-20(2)6-10-23;1-19-3-7-22(8-4-19)38(34,35)31-17-28(18-31)13-21(14-28)25-15-29-26-16-30-27-24(33(25)26)11-12-32(27)39(36,37)23-9-5-20(2)6-10-23/h3-12,16,21H,13-15,17-18H2,1-2H3,(H,29,31);3-12,15-16,21H,13-14,17-18H2,1-2H3. The van der Waals surface area contributed by atoms with E-state index >= 15 is 0 Å². The quantitative estimate of drug-likeness (QED) is 0.118. The van der Waals surface area contributed by atoms with Gasteiger partial charge >= 0.3 is 0 Å². The Morgan fingerprint density at radius 2 is 0.949 bits per heavy atom. The lowest BCUT2D eigenvalue weighted by Crippen LogP contribution is -2.64. The fourth-order valence-electron chi connectivity index (χ4n) is 11.6. The van der Waals surface area contributed by atoms with Crippen molar-refractivity contribution in [2.75, 3.05) is 38.0 Å². The minimum Gasteiger partial charge on any atom is -0.362 e. The zero-order valence-electron chi connectivity index (χ0n) is 43.6. The van der Waals surface area contributed by atoms with Gasteiger partial charge < -0.3 is 5.32 Å². The van der Waals surface area contributed by atoms with Gasteiger partial charge in [-0.3, -0.25) is 9.20 Å². The molecular weight excluding hydrogens is 1080 g/mol. The van der Waals surface area contributed by atoms with Crippen LogP contribution >= 0.6 is 0 Å². The highest BCUT2D eigenvalue weighted by atomic mass is 32.2. The summed E-state index contributed by atoms with van der Waals surface area (Å²) in [5, 5.41) is 3.01. The molecule has 2 aliphatic heterocycles. The summed E-state index contributed by atoms with van der Waals surface area (Å²) in [6.45, 7) is 9.61. The largest absolute Gasteiger partial charge is 0.362 e. The van der Waals surface area contributed by atoms with Crippen molar-refractivity contribution < 1.29 is 38.5 Å². The normalized spacial score (nSPS) is 17.7. The molecule has 79 heavy (non-hydrogen) atoms. The maximum Gasteiger partial charge on any atom is 0.269 e. The van der Waals surface area contributed by atoms with Crippen LogP contribution in [0.1, 0.15) is 59.5 Å². The van der Waals surface area contributed by atoms with Crippen LogP contribution in [-0.4, -0.2) is 113 Å². The monoisotopic (exact) mass is 1140 g/mol. The summed E-state index contributed by atoms with van der Waals surface area (Å²) in [7, 11) is -14.6. The van der Waals surface area contributed by atoms with E-state index in [1.165, 1.54) is 26.9 Å². The van der Waals surface area contributed by atoms with Crippen LogP contribution in [0.4, 0.5) is 5.82 Å². The minimum absolute atomic E-state index is 0.0283. The number of anilines is 1. The topological polar surface area (TPSA) is 238 Å². The summed E-state index contributed by atoms with van der Waals surface area (Å²) in [4.78, 5) is 31.5. The van der Waals surface area contributed by atoms with Gasteiger partial charge in [-0.15, -0.1) is 0 Å². The molecule has 0 atom stereocenters. The zero-order chi connectivity index (χ0) is 55.4. The molecule has 0 amide bonds. The lowest BCUT2D eigenvalue weighted by atomic mass is 9.57. The first-order valence-electron chi connectivity index (χ1n) is 25.8. The summed E-state index contributed by atoms with van der Waals surface area (Å²) < 4.78 is 112. The van der Waals surface area contributed by atoms with Gasteiger partial charge in [0.25, 0.3) is 20.0 Å². The van der Waals surface area contributed by atoms with E-state index in [-0.39, 0.29) is 50.4 Å². The van der Waals surface area contributed by atoms with Crippen molar-refractivity contribution in [1.82, 2.24) is 40.9 Å². The van der Waals surface area contributed by atoms with Gasteiger partial charge in [-0.05, 0) is 125 Å². The van der Waals surface area contributed by atoms with Gasteiger partial charge in [-0.25, -0.2) is 61.6 Å². The smallest absolute Gasteiger partial charge is 0.269 e. The number of aryl methyl sites for hydroxylation is 4. The highest BCUT2D eigenvalue weighted by molar-refractivity contribution is 7.90. The molecule has 0 unspecified atom stereocenters. The molecule has 2 aliphatic carbocycles. The first-order valence-corrected chi connectivity index (χ1v) is 31.5. The summed E-state index contributed by atoms with van der Waals surface area (Å²) in [5.41, 5.74) is 7.07. The van der Waals surface area contributed by atoms with Gasteiger partial charge in [0, 0.05) is 62.3 Å². The number of rotatable bonds is 13. The summed E-state index contributed by atoms with van der Waals surface area (Å²) in [6, 6.07) is 30.5. The van der Waals surface area contributed by atoms with E-state index in [0.29, 0.717) is 77.0 Å². The number of ketones is 1. The molecule has 7 heterocycles. The summed E-state index contributed by atoms with van der Waals surface area (Å²) in [6.07, 6.45) is 10.8. The third-order valence-electron chi connectivity index (χ3n) is 16.1. The van der Waals surface area contributed by atoms with Crippen molar-refractivity contribution >= 4 is 79.7 Å².